The summed E-state index contributed by atoms with van der Waals surface area (Å²) in [7, 11) is 0. The molecule has 0 spiro atoms. The smallest absolute Gasteiger partial charge is 0.343 e. The monoisotopic (exact) mass is 222 g/mol. The standard InChI is InChI=1S/C10H8.C5H11.Na/c1-2-6-10-8-4-3-7-9(10)5-1;1-4-5(2)3;/h1-8H;5H,1,4H2,2-3H3;/q;-1;+1. The van der Waals surface area contributed by atoms with E-state index in [1.54, 1.807) is 0 Å². The molecule has 0 aliphatic heterocycles. The molecule has 0 fully saturated rings. The van der Waals surface area contributed by atoms with Crippen molar-refractivity contribution in [3.8, 4) is 0 Å². The third-order valence-corrected chi connectivity index (χ3v) is 2.24. The summed E-state index contributed by atoms with van der Waals surface area (Å²) < 4.78 is 0. The summed E-state index contributed by atoms with van der Waals surface area (Å²) in [5, 5.41) is 2.62. The van der Waals surface area contributed by atoms with Crippen molar-refractivity contribution < 1.29 is 29.6 Å². The molecule has 0 unspecified atom stereocenters. The first kappa shape index (κ1) is 15.7. The first-order valence-corrected chi connectivity index (χ1v) is 5.47. The van der Waals surface area contributed by atoms with Crippen LogP contribution in [0.15, 0.2) is 48.5 Å². The van der Waals surface area contributed by atoms with Gasteiger partial charge in [-0.25, -0.2) is 0 Å². The number of rotatable bonds is 1. The quantitative estimate of drug-likeness (QED) is 0.509. The normalized spacial score (nSPS) is 9.25. The molecule has 0 aliphatic rings. The van der Waals surface area contributed by atoms with Crippen molar-refractivity contribution in [3.05, 3.63) is 55.5 Å². The molecule has 0 amide bonds. The zero-order valence-electron chi connectivity index (χ0n) is 10.6. The Morgan fingerprint density at radius 3 is 1.31 bits per heavy atom. The second-order valence-corrected chi connectivity index (χ2v) is 4.03. The van der Waals surface area contributed by atoms with Crippen LogP contribution < -0.4 is 29.6 Å². The van der Waals surface area contributed by atoms with E-state index in [0.717, 1.165) is 12.3 Å². The van der Waals surface area contributed by atoms with Gasteiger partial charge in [-0.15, -0.1) is 0 Å². The average molecular weight is 222 g/mol. The van der Waals surface area contributed by atoms with Crippen LogP contribution in [0, 0.1) is 12.8 Å². The molecule has 0 nitrogen and oxygen atoms in total. The van der Waals surface area contributed by atoms with Gasteiger partial charge in [0.05, 0.1) is 0 Å². The molecular weight excluding hydrogens is 203 g/mol. The summed E-state index contributed by atoms with van der Waals surface area (Å²) in [6.45, 7) is 8.00. The molecular formula is C15H19Na. The molecule has 0 atom stereocenters. The maximum atomic E-state index is 3.69. The summed E-state index contributed by atoms with van der Waals surface area (Å²) in [4.78, 5) is 0. The predicted molar refractivity (Wildman–Crippen MR) is 68.8 cm³/mol. The number of benzene rings is 2. The molecule has 2 aromatic carbocycles. The van der Waals surface area contributed by atoms with Gasteiger partial charge in [0.1, 0.15) is 0 Å². The minimum Gasteiger partial charge on any atom is -0.343 e. The van der Waals surface area contributed by atoms with E-state index in [2.05, 4.69) is 69.3 Å². The van der Waals surface area contributed by atoms with Crippen molar-refractivity contribution in [2.45, 2.75) is 20.3 Å². The largest absolute Gasteiger partial charge is 1.00 e. The van der Waals surface area contributed by atoms with Gasteiger partial charge in [0.15, 0.2) is 0 Å². The molecule has 0 bridgehead atoms. The summed E-state index contributed by atoms with van der Waals surface area (Å²) in [6.07, 6.45) is 1.06. The fourth-order valence-corrected chi connectivity index (χ4v) is 1.13. The number of fused-ring (bicyclic) bond motifs is 1. The molecule has 16 heavy (non-hydrogen) atoms. The third kappa shape index (κ3) is 5.69. The Morgan fingerprint density at radius 2 is 1.12 bits per heavy atom. The first-order chi connectivity index (χ1) is 7.24. The Morgan fingerprint density at radius 1 is 0.875 bits per heavy atom. The Hall–Kier alpha value is -0.300. The molecule has 0 N–H and O–H groups in total. The average Bonchev–Trinajstić information content (AvgIpc) is 2.30. The van der Waals surface area contributed by atoms with Gasteiger partial charge in [-0.05, 0) is 10.8 Å². The van der Waals surface area contributed by atoms with Gasteiger partial charge in [-0.2, -0.15) is 6.42 Å². The van der Waals surface area contributed by atoms with Gasteiger partial charge in [0, 0.05) is 0 Å². The maximum absolute atomic E-state index is 3.69. The molecule has 0 aromatic heterocycles. The SMILES string of the molecule is [CH2-]CC(C)C.[Na+].c1ccc2ccccc2c1. The van der Waals surface area contributed by atoms with Crippen molar-refractivity contribution in [1.82, 2.24) is 0 Å². The topological polar surface area (TPSA) is 0 Å². The van der Waals surface area contributed by atoms with E-state index < -0.39 is 0 Å². The van der Waals surface area contributed by atoms with E-state index in [1.165, 1.54) is 10.8 Å². The van der Waals surface area contributed by atoms with E-state index in [9.17, 15) is 0 Å². The number of hydrogen-bond donors (Lipinski definition) is 0. The van der Waals surface area contributed by atoms with Crippen LogP contribution in [0.4, 0.5) is 0 Å². The Bertz CT molecular complexity index is 328. The molecule has 0 aliphatic carbocycles. The fourth-order valence-electron chi connectivity index (χ4n) is 1.13. The summed E-state index contributed by atoms with van der Waals surface area (Å²) in [6, 6.07) is 16.7. The molecule has 1 heteroatoms. The summed E-state index contributed by atoms with van der Waals surface area (Å²) in [5.74, 6) is 0.773. The second kappa shape index (κ2) is 8.81. The number of hydrogen-bond acceptors (Lipinski definition) is 0. The Kier molecular flexibility index (Phi) is 8.64. The maximum Gasteiger partial charge on any atom is 1.00 e. The molecule has 2 rings (SSSR count). The van der Waals surface area contributed by atoms with Gasteiger partial charge in [0.25, 0.3) is 0 Å². The second-order valence-electron chi connectivity index (χ2n) is 4.03. The molecule has 0 radical (unpaired) electrons. The molecule has 0 heterocycles. The predicted octanol–water partition coefficient (Wildman–Crippen LogP) is 1.71. The minimum atomic E-state index is 0. The first-order valence-electron chi connectivity index (χ1n) is 5.47. The fraction of sp³-hybridized carbons (Fsp3) is 0.267. The van der Waals surface area contributed by atoms with E-state index >= 15 is 0 Å². The molecule has 2 aromatic rings. The van der Waals surface area contributed by atoms with Crippen molar-refractivity contribution in [2.75, 3.05) is 0 Å². The van der Waals surface area contributed by atoms with Crippen LogP contribution >= 0.6 is 0 Å². The van der Waals surface area contributed by atoms with Crippen molar-refractivity contribution in [3.63, 3.8) is 0 Å². The molecule has 0 saturated heterocycles. The van der Waals surface area contributed by atoms with Gasteiger partial charge in [-0.1, -0.05) is 68.3 Å². The van der Waals surface area contributed by atoms with E-state index in [1.807, 2.05) is 0 Å². The van der Waals surface area contributed by atoms with E-state index in [4.69, 9.17) is 0 Å². The van der Waals surface area contributed by atoms with Crippen LogP contribution in [-0.4, -0.2) is 0 Å². The molecule has 0 saturated carbocycles. The Balaban J connectivity index is 0.000000330. The van der Waals surface area contributed by atoms with Gasteiger partial charge in [-0.3, -0.25) is 0 Å². The van der Waals surface area contributed by atoms with Crippen molar-refractivity contribution >= 4 is 10.8 Å². The van der Waals surface area contributed by atoms with Gasteiger partial charge < -0.3 is 6.92 Å². The van der Waals surface area contributed by atoms with Crippen LogP contribution in [0.5, 0.6) is 0 Å². The zero-order chi connectivity index (χ0) is 11.1. The van der Waals surface area contributed by atoms with Crippen molar-refractivity contribution in [1.29, 1.82) is 0 Å². The minimum absolute atomic E-state index is 0. The molecule has 80 valence electrons. The van der Waals surface area contributed by atoms with Crippen LogP contribution in [0.1, 0.15) is 20.3 Å². The van der Waals surface area contributed by atoms with E-state index in [-0.39, 0.29) is 29.6 Å². The van der Waals surface area contributed by atoms with E-state index in [0.29, 0.717) is 0 Å². The van der Waals surface area contributed by atoms with Crippen LogP contribution in [0.2, 0.25) is 0 Å². The zero-order valence-corrected chi connectivity index (χ0v) is 12.6. The summed E-state index contributed by atoms with van der Waals surface area (Å²) in [5.41, 5.74) is 0. The Labute approximate surface area is 121 Å². The van der Waals surface area contributed by atoms with Crippen LogP contribution in [0.3, 0.4) is 0 Å². The van der Waals surface area contributed by atoms with Gasteiger partial charge >= 0.3 is 29.6 Å². The van der Waals surface area contributed by atoms with Gasteiger partial charge in [0.2, 0.25) is 0 Å². The summed E-state index contributed by atoms with van der Waals surface area (Å²) >= 11 is 0. The van der Waals surface area contributed by atoms with Crippen LogP contribution in [-0.2, 0) is 0 Å². The van der Waals surface area contributed by atoms with Crippen LogP contribution in [0.25, 0.3) is 10.8 Å². The third-order valence-electron chi connectivity index (χ3n) is 2.24. The van der Waals surface area contributed by atoms with Crippen molar-refractivity contribution in [2.24, 2.45) is 5.92 Å².